The Bertz CT molecular complexity index is 890. The van der Waals surface area contributed by atoms with Crippen LogP contribution < -0.4 is 4.80 Å². The predicted octanol–water partition coefficient (Wildman–Crippen LogP) is 2.21. The second kappa shape index (κ2) is 5.98. The van der Waals surface area contributed by atoms with Crippen LogP contribution >= 0.6 is 11.3 Å². The Morgan fingerprint density at radius 3 is 2.82 bits per heavy atom. The fraction of sp³-hybridized carbons (Fsp3) is 0.133. The molecule has 112 valence electrons. The number of esters is 1. The van der Waals surface area contributed by atoms with Crippen LogP contribution in [-0.2, 0) is 16.1 Å². The smallest absolute Gasteiger partial charge is 0.325 e. The molecule has 0 saturated carbocycles. The van der Waals surface area contributed by atoms with E-state index in [4.69, 9.17) is 9.15 Å². The zero-order valence-electron chi connectivity index (χ0n) is 11.7. The van der Waals surface area contributed by atoms with Crippen LogP contribution in [0, 0.1) is 0 Å². The van der Waals surface area contributed by atoms with Gasteiger partial charge in [0.15, 0.2) is 10.6 Å². The number of aromatic nitrogens is 1. The molecule has 0 bridgehead atoms. The summed E-state index contributed by atoms with van der Waals surface area (Å²) in [6.45, 7) is -0.00915. The summed E-state index contributed by atoms with van der Waals surface area (Å²) in [5.41, 5.74) is 0.823. The summed E-state index contributed by atoms with van der Waals surface area (Å²) in [5.74, 6) is -0.743. The standard InChI is InChI=1S/C15H12N2O4S/c1-20-13(18)9-17-10-5-2-3-7-12(10)22-15(17)16-14(19)11-6-4-8-21-11/h2-8H,9H2,1H3. The largest absolute Gasteiger partial charge is 0.468 e. The van der Waals surface area contributed by atoms with Gasteiger partial charge in [-0.05, 0) is 24.3 Å². The summed E-state index contributed by atoms with van der Waals surface area (Å²) >= 11 is 1.33. The molecular formula is C15H12N2O4S. The first-order chi connectivity index (χ1) is 10.7. The van der Waals surface area contributed by atoms with E-state index in [2.05, 4.69) is 4.99 Å². The summed E-state index contributed by atoms with van der Waals surface area (Å²) in [6.07, 6.45) is 1.41. The van der Waals surface area contributed by atoms with Crippen LogP contribution in [-0.4, -0.2) is 23.6 Å². The second-order valence-electron chi connectivity index (χ2n) is 4.41. The number of ether oxygens (including phenoxy) is 1. The van der Waals surface area contributed by atoms with Gasteiger partial charge in [0.05, 0.1) is 23.6 Å². The number of nitrogens with zero attached hydrogens (tertiary/aromatic N) is 2. The number of methoxy groups -OCH3 is 1. The fourth-order valence-corrected chi connectivity index (χ4v) is 3.02. The lowest BCUT2D eigenvalue weighted by atomic mass is 10.3. The van der Waals surface area contributed by atoms with Gasteiger partial charge in [0.1, 0.15) is 6.54 Å². The lowest BCUT2D eigenvalue weighted by molar-refractivity contribution is -0.141. The second-order valence-corrected chi connectivity index (χ2v) is 5.42. The Balaban J connectivity index is 2.13. The maximum atomic E-state index is 12.1. The van der Waals surface area contributed by atoms with Crippen LogP contribution in [0.2, 0.25) is 0 Å². The number of thiazole rings is 1. The molecule has 0 aliphatic heterocycles. The average Bonchev–Trinajstić information content (AvgIpc) is 3.16. The Morgan fingerprint density at radius 2 is 2.09 bits per heavy atom. The van der Waals surface area contributed by atoms with Crippen molar-refractivity contribution in [3.63, 3.8) is 0 Å². The van der Waals surface area contributed by atoms with Gasteiger partial charge in [-0.2, -0.15) is 4.99 Å². The molecule has 6 nitrogen and oxygen atoms in total. The molecule has 0 unspecified atom stereocenters. The van der Waals surface area contributed by atoms with E-state index in [9.17, 15) is 9.59 Å². The Kier molecular flexibility index (Phi) is 3.88. The molecule has 0 aliphatic carbocycles. The molecule has 0 fully saturated rings. The van der Waals surface area contributed by atoms with E-state index in [1.165, 1.54) is 24.7 Å². The van der Waals surface area contributed by atoms with E-state index in [0.29, 0.717) is 4.80 Å². The zero-order valence-corrected chi connectivity index (χ0v) is 12.5. The topological polar surface area (TPSA) is 73.8 Å². The molecule has 0 spiro atoms. The van der Waals surface area contributed by atoms with E-state index in [-0.39, 0.29) is 12.3 Å². The number of hydrogen-bond acceptors (Lipinski definition) is 5. The van der Waals surface area contributed by atoms with E-state index >= 15 is 0 Å². The van der Waals surface area contributed by atoms with Gasteiger partial charge >= 0.3 is 11.9 Å². The average molecular weight is 316 g/mol. The highest BCUT2D eigenvalue weighted by Gasteiger charge is 2.13. The van der Waals surface area contributed by atoms with Crippen molar-refractivity contribution in [2.75, 3.05) is 7.11 Å². The summed E-state index contributed by atoms with van der Waals surface area (Å²) in [7, 11) is 1.32. The number of furan rings is 1. The zero-order chi connectivity index (χ0) is 15.5. The number of carbonyl (C=O) groups is 2. The molecule has 7 heteroatoms. The number of benzene rings is 1. The first kappa shape index (κ1) is 14.3. The van der Waals surface area contributed by atoms with Gasteiger partial charge in [0.25, 0.3) is 0 Å². The number of amides is 1. The van der Waals surface area contributed by atoms with Crippen LogP contribution in [0.15, 0.2) is 52.1 Å². The highest BCUT2D eigenvalue weighted by Crippen LogP contribution is 2.17. The van der Waals surface area contributed by atoms with E-state index in [1.807, 2.05) is 24.3 Å². The summed E-state index contributed by atoms with van der Waals surface area (Å²) in [4.78, 5) is 28.2. The maximum Gasteiger partial charge on any atom is 0.325 e. The minimum Gasteiger partial charge on any atom is -0.468 e. The van der Waals surface area contributed by atoms with Crippen molar-refractivity contribution in [2.24, 2.45) is 4.99 Å². The monoisotopic (exact) mass is 316 g/mol. The molecule has 0 saturated heterocycles. The fourth-order valence-electron chi connectivity index (χ4n) is 1.99. The van der Waals surface area contributed by atoms with E-state index in [1.54, 1.807) is 16.7 Å². The maximum absolute atomic E-state index is 12.1. The number of rotatable bonds is 3. The number of carbonyl (C=O) groups excluding carboxylic acids is 2. The molecule has 0 atom stereocenters. The van der Waals surface area contributed by atoms with Crippen molar-refractivity contribution < 1.29 is 18.7 Å². The first-order valence-electron chi connectivity index (χ1n) is 6.47. The van der Waals surface area contributed by atoms with E-state index in [0.717, 1.165) is 10.2 Å². The Labute approximate surface area is 129 Å². The first-order valence-corrected chi connectivity index (χ1v) is 7.28. The lowest BCUT2D eigenvalue weighted by Crippen LogP contribution is -2.22. The molecule has 1 aromatic carbocycles. The molecular weight excluding hydrogens is 304 g/mol. The van der Waals surface area contributed by atoms with Gasteiger partial charge in [-0.3, -0.25) is 9.59 Å². The third kappa shape index (κ3) is 2.71. The van der Waals surface area contributed by atoms with Gasteiger partial charge in [0, 0.05) is 0 Å². The normalized spacial score (nSPS) is 11.8. The molecule has 0 aliphatic rings. The summed E-state index contributed by atoms with van der Waals surface area (Å²) in [5, 5.41) is 0. The van der Waals surface area contributed by atoms with Crippen LogP contribution in [0.3, 0.4) is 0 Å². The van der Waals surface area contributed by atoms with Crippen molar-refractivity contribution in [1.29, 1.82) is 0 Å². The summed E-state index contributed by atoms with van der Waals surface area (Å²) in [6, 6.07) is 10.7. The molecule has 2 heterocycles. The Morgan fingerprint density at radius 1 is 1.27 bits per heavy atom. The third-order valence-corrected chi connectivity index (χ3v) is 4.09. The SMILES string of the molecule is COC(=O)Cn1c(=NC(=O)c2ccco2)sc2ccccc21. The molecule has 3 rings (SSSR count). The third-order valence-electron chi connectivity index (χ3n) is 3.03. The predicted molar refractivity (Wildman–Crippen MR) is 80.4 cm³/mol. The van der Waals surface area contributed by atoms with Crippen LogP contribution in [0.4, 0.5) is 0 Å². The quantitative estimate of drug-likeness (QED) is 0.694. The van der Waals surface area contributed by atoms with Crippen molar-refractivity contribution in [3.8, 4) is 0 Å². The minimum absolute atomic E-state index is 0.00915. The van der Waals surface area contributed by atoms with Crippen LogP contribution in [0.25, 0.3) is 10.2 Å². The number of para-hydroxylation sites is 1. The van der Waals surface area contributed by atoms with Crippen molar-refractivity contribution in [1.82, 2.24) is 4.57 Å². The highest BCUT2D eigenvalue weighted by molar-refractivity contribution is 7.16. The minimum atomic E-state index is -0.491. The van der Waals surface area contributed by atoms with Gasteiger partial charge in [-0.25, -0.2) is 0 Å². The van der Waals surface area contributed by atoms with Crippen molar-refractivity contribution in [3.05, 3.63) is 53.2 Å². The van der Waals surface area contributed by atoms with Gasteiger partial charge in [0.2, 0.25) is 0 Å². The number of fused-ring (bicyclic) bond motifs is 1. The molecule has 0 N–H and O–H groups in total. The number of hydrogen-bond donors (Lipinski definition) is 0. The van der Waals surface area contributed by atoms with Gasteiger partial charge < -0.3 is 13.7 Å². The summed E-state index contributed by atoms with van der Waals surface area (Å²) < 4.78 is 12.3. The van der Waals surface area contributed by atoms with Crippen LogP contribution in [0.1, 0.15) is 10.6 Å². The van der Waals surface area contributed by atoms with Gasteiger partial charge in [-0.1, -0.05) is 23.5 Å². The Hall–Kier alpha value is -2.67. The highest BCUT2D eigenvalue weighted by atomic mass is 32.1. The molecule has 1 amide bonds. The van der Waals surface area contributed by atoms with E-state index < -0.39 is 11.9 Å². The van der Waals surface area contributed by atoms with Crippen molar-refractivity contribution in [2.45, 2.75) is 6.54 Å². The lowest BCUT2D eigenvalue weighted by Gasteiger charge is -2.02. The molecule has 22 heavy (non-hydrogen) atoms. The van der Waals surface area contributed by atoms with Gasteiger partial charge in [-0.15, -0.1) is 0 Å². The molecule has 3 aromatic rings. The molecule has 0 radical (unpaired) electrons. The van der Waals surface area contributed by atoms with Crippen LogP contribution in [0.5, 0.6) is 0 Å². The van der Waals surface area contributed by atoms with Crippen molar-refractivity contribution >= 4 is 33.4 Å². The molecule has 2 aromatic heterocycles.